The number of hydrogen-bond donors (Lipinski definition) is 2. The molecule has 0 saturated heterocycles. The van der Waals surface area contributed by atoms with Crippen LogP contribution in [0.1, 0.15) is 5.56 Å². The second-order valence-corrected chi connectivity index (χ2v) is 3.43. The highest BCUT2D eigenvalue weighted by Gasteiger charge is 2.04. The number of hydrogen-bond acceptors (Lipinski definition) is 4. The minimum absolute atomic E-state index is 0.218. The van der Waals surface area contributed by atoms with E-state index < -0.39 is 0 Å². The van der Waals surface area contributed by atoms with Crippen molar-refractivity contribution in [1.29, 1.82) is 0 Å². The van der Waals surface area contributed by atoms with Crippen LogP contribution in [0, 0.1) is 6.92 Å². The van der Waals surface area contributed by atoms with Crippen molar-refractivity contribution in [2.75, 3.05) is 5.43 Å². The van der Waals surface area contributed by atoms with Crippen LogP contribution in [0.5, 0.6) is 0 Å². The smallest absolute Gasteiger partial charge is 0.273 e. The van der Waals surface area contributed by atoms with Crippen molar-refractivity contribution >= 4 is 5.69 Å². The highest BCUT2D eigenvalue weighted by Crippen LogP contribution is 2.10. The van der Waals surface area contributed by atoms with Gasteiger partial charge in [0.2, 0.25) is 0 Å². The number of nitrogens with two attached hydrogens (primary N) is 1. The van der Waals surface area contributed by atoms with Gasteiger partial charge in [0.05, 0.1) is 17.6 Å². The number of nitrogens with zero attached hydrogens (tertiary/aromatic N) is 2. The molecule has 2 rings (SSSR count). The molecule has 0 spiro atoms. The van der Waals surface area contributed by atoms with E-state index in [1.54, 1.807) is 0 Å². The maximum absolute atomic E-state index is 11.8. The first-order chi connectivity index (χ1) is 7.72. The molecule has 1 aromatic carbocycles. The van der Waals surface area contributed by atoms with Gasteiger partial charge in [-0.3, -0.25) is 10.6 Å². The molecule has 82 valence electrons. The zero-order valence-corrected chi connectivity index (χ0v) is 8.84. The fourth-order valence-electron chi connectivity index (χ4n) is 1.47. The number of aromatic nitrogens is 2. The van der Waals surface area contributed by atoms with Crippen LogP contribution < -0.4 is 16.8 Å². The van der Waals surface area contributed by atoms with Crippen LogP contribution >= 0.6 is 0 Å². The monoisotopic (exact) mass is 216 g/mol. The summed E-state index contributed by atoms with van der Waals surface area (Å²) in [6.07, 6.45) is 1.51. The van der Waals surface area contributed by atoms with Gasteiger partial charge >= 0.3 is 0 Å². The Balaban J connectivity index is 2.58. The third kappa shape index (κ3) is 1.80. The fourth-order valence-corrected chi connectivity index (χ4v) is 1.47. The summed E-state index contributed by atoms with van der Waals surface area (Å²) in [6.45, 7) is 1.93. The molecule has 3 N–H and O–H groups in total. The molecule has 0 radical (unpaired) electrons. The molecule has 0 amide bonds. The summed E-state index contributed by atoms with van der Waals surface area (Å²) in [5.74, 6) is 5.20. The number of hydrazine groups is 1. The Morgan fingerprint density at radius 2 is 2.12 bits per heavy atom. The van der Waals surface area contributed by atoms with E-state index in [4.69, 9.17) is 5.84 Å². The van der Waals surface area contributed by atoms with E-state index in [1.165, 1.54) is 16.9 Å². The van der Waals surface area contributed by atoms with Gasteiger partial charge in [0.25, 0.3) is 5.56 Å². The number of anilines is 1. The van der Waals surface area contributed by atoms with Gasteiger partial charge < -0.3 is 5.43 Å². The average molecular weight is 216 g/mol. The van der Waals surface area contributed by atoms with Crippen LogP contribution in [0.2, 0.25) is 0 Å². The lowest BCUT2D eigenvalue weighted by Crippen LogP contribution is -2.22. The molecule has 0 aliphatic heterocycles. The first kappa shape index (κ1) is 10.4. The maximum Gasteiger partial charge on any atom is 0.273 e. The molecule has 1 aromatic heterocycles. The van der Waals surface area contributed by atoms with E-state index in [0.717, 1.165) is 11.3 Å². The normalized spacial score (nSPS) is 10.1. The van der Waals surface area contributed by atoms with E-state index in [0.29, 0.717) is 5.69 Å². The van der Waals surface area contributed by atoms with E-state index in [2.05, 4.69) is 10.5 Å². The van der Waals surface area contributed by atoms with Crippen LogP contribution in [0.15, 0.2) is 41.3 Å². The lowest BCUT2D eigenvalue weighted by atomic mass is 10.2. The Labute approximate surface area is 92.5 Å². The van der Waals surface area contributed by atoms with Gasteiger partial charge in [-0.2, -0.15) is 9.78 Å². The molecule has 0 atom stereocenters. The summed E-state index contributed by atoms with van der Waals surface area (Å²) < 4.78 is 1.34. The minimum Gasteiger partial charge on any atom is -0.322 e. The van der Waals surface area contributed by atoms with E-state index >= 15 is 0 Å². The molecule has 5 heteroatoms. The summed E-state index contributed by atoms with van der Waals surface area (Å²) in [4.78, 5) is 11.8. The highest BCUT2D eigenvalue weighted by molar-refractivity contribution is 5.42. The standard InChI is InChI=1S/C11H12N4O/c1-8-4-2-3-5-10(8)15-11(16)6-9(14-12)7-13-15/h2-7,14H,12H2,1H3. The zero-order chi connectivity index (χ0) is 11.5. The second-order valence-electron chi connectivity index (χ2n) is 3.43. The van der Waals surface area contributed by atoms with Crippen molar-refractivity contribution in [1.82, 2.24) is 9.78 Å². The maximum atomic E-state index is 11.8. The number of rotatable bonds is 2. The van der Waals surface area contributed by atoms with Gasteiger partial charge in [-0.15, -0.1) is 0 Å². The third-order valence-corrected chi connectivity index (χ3v) is 2.31. The lowest BCUT2D eigenvalue weighted by molar-refractivity contribution is 0.802. The fraction of sp³-hybridized carbons (Fsp3) is 0.0909. The van der Waals surface area contributed by atoms with Crippen LogP contribution in [-0.2, 0) is 0 Å². The van der Waals surface area contributed by atoms with Gasteiger partial charge in [0.15, 0.2) is 0 Å². The summed E-state index contributed by atoms with van der Waals surface area (Å²) in [5, 5.41) is 4.04. The van der Waals surface area contributed by atoms with Gasteiger partial charge in [-0.1, -0.05) is 18.2 Å². The predicted octanol–water partition coefficient (Wildman–Crippen LogP) is 0.827. The Kier molecular flexibility index (Phi) is 2.70. The molecule has 5 nitrogen and oxygen atoms in total. The molecule has 0 fully saturated rings. The topological polar surface area (TPSA) is 72.9 Å². The Morgan fingerprint density at radius 1 is 1.38 bits per heavy atom. The lowest BCUT2D eigenvalue weighted by Gasteiger charge is -2.07. The molecule has 0 bridgehead atoms. The SMILES string of the molecule is Cc1ccccc1-n1ncc(NN)cc1=O. The second kappa shape index (κ2) is 4.16. The first-order valence-electron chi connectivity index (χ1n) is 4.84. The summed E-state index contributed by atoms with van der Waals surface area (Å²) >= 11 is 0. The van der Waals surface area contributed by atoms with Gasteiger partial charge in [-0.05, 0) is 18.6 Å². The molecule has 1 heterocycles. The average Bonchev–Trinajstić information content (AvgIpc) is 2.30. The first-order valence-corrected chi connectivity index (χ1v) is 4.84. The molecule has 0 aliphatic rings. The number of benzene rings is 1. The van der Waals surface area contributed by atoms with Crippen molar-refractivity contribution in [2.24, 2.45) is 5.84 Å². The van der Waals surface area contributed by atoms with Gasteiger partial charge in [0, 0.05) is 6.07 Å². The largest absolute Gasteiger partial charge is 0.322 e. The van der Waals surface area contributed by atoms with Crippen molar-refractivity contribution in [2.45, 2.75) is 6.92 Å². The Bertz CT molecular complexity index is 562. The molecule has 0 saturated carbocycles. The van der Waals surface area contributed by atoms with Gasteiger partial charge in [-0.25, -0.2) is 0 Å². The van der Waals surface area contributed by atoms with E-state index in [1.807, 2.05) is 31.2 Å². The number of nitrogen functional groups attached to an aromatic ring is 1. The summed E-state index contributed by atoms with van der Waals surface area (Å²) in [7, 11) is 0. The molecular formula is C11H12N4O. The van der Waals surface area contributed by atoms with Crippen LogP contribution in [0.25, 0.3) is 5.69 Å². The van der Waals surface area contributed by atoms with Crippen molar-refractivity contribution in [3.05, 3.63) is 52.4 Å². The molecule has 16 heavy (non-hydrogen) atoms. The van der Waals surface area contributed by atoms with Crippen molar-refractivity contribution in [3.63, 3.8) is 0 Å². The minimum atomic E-state index is -0.218. The predicted molar refractivity (Wildman–Crippen MR) is 62.4 cm³/mol. The summed E-state index contributed by atoms with van der Waals surface area (Å²) in [6, 6.07) is 8.96. The molecule has 0 aliphatic carbocycles. The number of para-hydroxylation sites is 1. The highest BCUT2D eigenvalue weighted by atomic mass is 16.1. The number of nitrogens with one attached hydrogen (secondary N) is 1. The Morgan fingerprint density at radius 3 is 2.75 bits per heavy atom. The third-order valence-electron chi connectivity index (χ3n) is 2.31. The molecule has 0 unspecified atom stereocenters. The van der Waals surface area contributed by atoms with Gasteiger partial charge in [0.1, 0.15) is 0 Å². The molecular weight excluding hydrogens is 204 g/mol. The van der Waals surface area contributed by atoms with Crippen LogP contribution in [0.3, 0.4) is 0 Å². The Hall–Kier alpha value is -2.14. The quantitative estimate of drug-likeness (QED) is 0.576. The molecule has 2 aromatic rings. The van der Waals surface area contributed by atoms with E-state index in [-0.39, 0.29) is 5.56 Å². The van der Waals surface area contributed by atoms with Crippen molar-refractivity contribution in [3.8, 4) is 5.69 Å². The van der Waals surface area contributed by atoms with Crippen molar-refractivity contribution < 1.29 is 0 Å². The zero-order valence-electron chi connectivity index (χ0n) is 8.84. The van der Waals surface area contributed by atoms with Crippen LogP contribution in [-0.4, -0.2) is 9.78 Å². The number of aryl methyl sites for hydroxylation is 1. The van der Waals surface area contributed by atoms with Crippen LogP contribution in [0.4, 0.5) is 5.69 Å². The van der Waals surface area contributed by atoms with E-state index in [9.17, 15) is 4.79 Å². The summed E-state index contributed by atoms with van der Waals surface area (Å²) in [5.41, 5.74) is 4.43.